The Morgan fingerprint density at radius 1 is 1.15 bits per heavy atom. The summed E-state index contributed by atoms with van der Waals surface area (Å²) in [7, 11) is 0. The van der Waals surface area contributed by atoms with Crippen LogP contribution in [0, 0.1) is 0 Å². The van der Waals surface area contributed by atoms with Crippen LogP contribution >= 0.6 is 0 Å². The number of amides is 2. The van der Waals surface area contributed by atoms with Crippen molar-refractivity contribution in [3.63, 3.8) is 0 Å². The summed E-state index contributed by atoms with van der Waals surface area (Å²) in [5.41, 5.74) is 3.86. The monoisotopic (exact) mass is 362 g/mol. The fourth-order valence-corrected chi connectivity index (χ4v) is 3.36. The van der Waals surface area contributed by atoms with Gasteiger partial charge in [0, 0.05) is 38.0 Å². The van der Waals surface area contributed by atoms with Crippen LogP contribution < -0.4 is 10.2 Å². The first-order chi connectivity index (χ1) is 13.2. The van der Waals surface area contributed by atoms with Crippen LogP contribution in [0.15, 0.2) is 48.5 Å². The summed E-state index contributed by atoms with van der Waals surface area (Å²) in [6.07, 6.45) is 2.52. The molecule has 1 aromatic heterocycles. The molecule has 3 aromatic rings. The second-order valence-electron chi connectivity index (χ2n) is 6.79. The molecular weight excluding hydrogens is 340 g/mol. The third kappa shape index (κ3) is 4.00. The normalized spacial score (nSPS) is 14.1. The topological polar surface area (TPSA) is 78.1 Å². The summed E-state index contributed by atoms with van der Waals surface area (Å²) in [5, 5.41) is 2.94. The fourth-order valence-electron chi connectivity index (χ4n) is 3.36. The minimum absolute atomic E-state index is 0.00532. The molecule has 0 aliphatic carbocycles. The average Bonchev–Trinajstić information content (AvgIpc) is 3.30. The average molecular weight is 362 g/mol. The molecule has 2 amide bonds. The molecular formula is C21H22N4O2. The highest BCUT2D eigenvalue weighted by Crippen LogP contribution is 2.21. The number of hydrogen-bond acceptors (Lipinski definition) is 3. The van der Waals surface area contributed by atoms with Crippen molar-refractivity contribution in [1.29, 1.82) is 0 Å². The summed E-state index contributed by atoms with van der Waals surface area (Å²) in [4.78, 5) is 33.4. The van der Waals surface area contributed by atoms with E-state index in [-0.39, 0.29) is 11.8 Å². The number of aromatic nitrogens is 2. The second kappa shape index (κ2) is 7.61. The lowest BCUT2D eigenvalue weighted by Gasteiger charge is -2.16. The van der Waals surface area contributed by atoms with E-state index in [0.29, 0.717) is 25.8 Å². The number of aromatic amines is 1. The molecule has 0 spiro atoms. The third-order valence-corrected chi connectivity index (χ3v) is 4.84. The van der Waals surface area contributed by atoms with Gasteiger partial charge in [0.05, 0.1) is 11.0 Å². The molecule has 1 aliphatic rings. The second-order valence-corrected chi connectivity index (χ2v) is 6.79. The van der Waals surface area contributed by atoms with Crippen LogP contribution in [-0.2, 0) is 22.6 Å². The molecule has 1 saturated heterocycles. The van der Waals surface area contributed by atoms with E-state index in [2.05, 4.69) is 15.3 Å². The highest BCUT2D eigenvalue weighted by Gasteiger charge is 2.21. The number of fused-ring (bicyclic) bond motifs is 1. The standard InChI is InChI=1S/C21H22N4O2/c26-20(12-11-19-23-17-4-1-2-5-18(17)24-19)22-14-15-7-9-16(10-8-15)25-13-3-6-21(25)27/h1-2,4-5,7-10H,3,6,11-14H2,(H,22,26)(H,23,24). The molecule has 0 bridgehead atoms. The molecule has 0 atom stereocenters. The lowest BCUT2D eigenvalue weighted by Crippen LogP contribution is -2.24. The fraction of sp³-hybridized carbons (Fsp3) is 0.286. The Balaban J connectivity index is 1.27. The van der Waals surface area contributed by atoms with E-state index in [1.807, 2.05) is 53.4 Å². The van der Waals surface area contributed by atoms with E-state index in [1.165, 1.54) is 0 Å². The molecule has 0 unspecified atom stereocenters. The van der Waals surface area contributed by atoms with Gasteiger partial charge in [0.2, 0.25) is 11.8 Å². The number of H-pyrrole nitrogens is 1. The Bertz CT molecular complexity index is 929. The number of aryl methyl sites for hydroxylation is 1. The van der Waals surface area contributed by atoms with Crippen LogP contribution in [0.3, 0.4) is 0 Å². The van der Waals surface area contributed by atoms with Crippen molar-refractivity contribution < 1.29 is 9.59 Å². The Labute approximate surface area is 157 Å². The number of benzene rings is 2. The maximum Gasteiger partial charge on any atom is 0.227 e. The zero-order valence-corrected chi connectivity index (χ0v) is 15.1. The van der Waals surface area contributed by atoms with Gasteiger partial charge in [0.1, 0.15) is 5.82 Å². The van der Waals surface area contributed by atoms with Gasteiger partial charge in [0.15, 0.2) is 0 Å². The quantitative estimate of drug-likeness (QED) is 0.708. The summed E-state index contributed by atoms with van der Waals surface area (Å²) >= 11 is 0. The van der Waals surface area contributed by atoms with Gasteiger partial charge in [-0.1, -0.05) is 24.3 Å². The predicted octanol–water partition coefficient (Wildman–Crippen LogP) is 2.94. The van der Waals surface area contributed by atoms with Gasteiger partial charge in [-0.2, -0.15) is 0 Å². The molecule has 0 radical (unpaired) electrons. The van der Waals surface area contributed by atoms with Crippen molar-refractivity contribution in [2.24, 2.45) is 0 Å². The first-order valence-electron chi connectivity index (χ1n) is 9.29. The first-order valence-corrected chi connectivity index (χ1v) is 9.29. The predicted molar refractivity (Wildman–Crippen MR) is 104 cm³/mol. The van der Waals surface area contributed by atoms with Crippen molar-refractivity contribution in [2.45, 2.75) is 32.2 Å². The van der Waals surface area contributed by atoms with Crippen LogP contribution in [0.25, 0.3) is 11.0 Å². The number of carbonyl (C=O) groups excluding carboxylic acids is 2. The van der Waals surface area contributed by atoms with Gasteiger partial charge >= 0.3 is 0 Å². The van der Waals surface area contributed by atoms with E-state index in [4.69, 9.17) is 0 Å². The molecule has 2 heterocycles. The summed E-state index contributed by atoms with van der Waals surface area (Å²) < 4.78 is 0. The van der Waals surface area contributed by atoms with Crippen LogP contribution in [0.2, 0.25) is 0 Å². The van der Waals surface area contributed by atoms with Crippen LogP contribution in [0.5, 0.6) is 0 Å². The van der Waals surface area contributed by atoms with Crippen molar-refractivity contribution in [1.82, 2.24) is 15.3 Å². The van der Waals surface area contributed by atoms with Crippen LogP contribution in [0.4, 0.5) is 5.69 Å². The molecule has 6 heteroatoms. The van der Waals surface area contributed by atoms with Crippen LogP contribution in [-0.4, -0.2) is 28.3 Å². The van der Waals surface area contributed by atoms with Crippen molar-refractivity contribution in [3.05, 3.63) is 59.9 Å². The minimum Gasteiger partial charge on any atom is -0.352 e. The van der Waals surface area contributed by atoms with E-state index in [0.717, 1.165) is 41.1 Å². The lowest BCUT2D eigenvalue weighted by molar-refractivity contribution is -0.121. The number of para-hydroxylation sites is 2. The molecule has 0 saturated carbocycles. The van der Waals surface area contributed by atoms with Crippen molar-refractivity contribution in [3.8, 4) is 0 Å². The SMILES string of the molecule is O=C(CCc1nc2ccccc2[nH]1)NCc1ccc(N2CCCC2=O)cc1. The molecule has 1 aliphatic heterocycles. The Hall–Kier alpha value is -3.15. The summed E-state index contributed by atoms with van der Waals surface area (Å²) in [5.74, 6) is 1.00. The number of carbonyl (C=O) groups is 2. The summed E-state index contributed by atoms with van der Waals surface area (Å²) in [6, 6.07) is 15.6. The molecule has 138 valence electrons. The van der Waals surface area contributed by atoms with Gasteiger partial charge in [-0.05, 0) is 36.2 Å². The number of hydrogen-bond donors (Lipinski definition) is 2. The van der Waals surface area contributed by atoms with Crippen molar-refractivity contribution in [2.75, 3.05) is 11.4 Å². The lowest BCUT2D eigenvalue weighted by atomic mass is 10.2. The van der Waals surface area contributed by atoms with E-state index in [1.54, 1.807) is 0 Å². The van der Waals surface area contributed by atoms with E-state index < -0.39 is 0 Å². The number of rotatable bonds is 6. The zero-order valence-electron chi connectivity index (χ0n) is 15.1. The van der Waals surface area contributed by atoms with Crippen molar-refractivity contribution >= 4 is 28.5 Å². The Kier molecular flexibility index (Phi) is 4.87. The zero-order chi connectivity index (χ0) is 18.6. The largest absolute Gasteiger partial charge is 0.352 e. The van der Waals surface area contributed by atoms with Gasteiger partial charge < -0.3 is 15.2 Å². The summed E-state index contributed by atoms with van der Waals surface area (Å²) in [6.45, 7) is 1.27. The van der Waals surface area contributed by atoms with Gasteiger partial charge in [-0.3, -0.25) is 9.59 Å². The van der Waals surface area contributed by atoms with Gasteiger partial charge in [0.25, 0.3) is 0 Å². The third-order valence-electron chi connectivity index (χ3n) is 4.84. The highest BCUT2D eigenvalue weighted by atomic mass is 16.2. The maximum absolute atomic E-state index is 12.1. The molecule has 2 aromatic carbocycles. The van der Waals surface area contributed by atoms with Crippen LogP contribution in [0.1, 0.15) is 30.7 Å². The van der Waals surface area contributed by atoms with Gasteiger partial charge in [-0.25, -0.2) is 4.98 Å². The minimum atomic E-state index is -0.00532. The number of imidazole rings is 1. The molecule has 1 fully saturated rings. The number of anilines is 1. The first kappa shape index (κ1) is 17.3. The van der Waals surface area contributed by atoms with E-state index in [9.17, 15) is 9.59 Å². The highest BCUT2D eigenvalue weighted by molar-refractivity contribution is 5.95. The number of nitrogens with one attached hydrogen (secondary N) is 2. The number of nitrogens with zero attached hydrogens (tertiary/aromatic N) is 2. The molecule has 2 N–H and O–H groups in total. The molecule has 6 nitrogen and oxygen atoms in total. The Morgan fingerprint density at radius 3 is 2.70 bits per heavy atom. The molecule has 27 heavy (non-hydrogen) atoms. The Morgan fingerprint density at radius 2 is 1.96 bits per heavy atom. The van der Waals surface area contributed by atoms with E-state index >= 15 is 0 Å². The molecule has 4 rings (SSSR count). The smallest absolute Gasteiger partial charge is 0.227 e. The van der Waals surface area contributed by atoms with Gasteiger partial charge in [-0.15, -0.1) is 0 Å². The maximum atomic E-state index is 12.1.